The van der Waals surface area contributed by atoms with Crippen LogP contribution >= 0.6 is 11.8 Å². The second-order valence-corrected chi connectivity index (χ2v) is 5.78. The molecule has 0 aliphatic carbocycles. The number of imide groups is 1. The third kappa shape index (κ3) is 4.32. The van der Waals surface area contributed by atoms with Gasteiger partial charge in [0.2, 0.25) is 5.91 Å². The van der Waals surface area contributed by atoms with Gasteiger partial charge in [-0.05, 0) is 19.9 Å². The van der Waals surface area contributed by atoms with Gasteiger partial charge in [-0.3, -0.25) is 10.1 Å². The van der Waals surface area contributed by atoms with Gasteiger partial charge in [0.05, 0.1) is 5.75 Å². The van der Waals surface area contributed by atoms with E-state index >= 15 is 0 Å². The second-order valence-electron chi connectivity index (χ2n) is 4.84. The number of carbonyl (C=O) groups is 2. The van der Waals surface area contributed by atoms with Crippen molar-refractivity contribution in [3.8, 4) is 11.4 Å². The van der Waals surface area contributed by atoms with Gasteiger partial charge in [-0.25, -0.2) is 4.79 Å². The molecule has 23 heavy (non-hydrogen) atoms. The highest BCUT2D eigenvalue weighted by Gasteiger charge is 2.15. The molecule has 1 aromatic heterocycles. The van der Waals surface area contributed by atoms with Crippen molar-refractivity contribution in [1.82, 2.24) is 25.4 Å². The molecule has 0 spiro atoms. The number of carbonyl (C=O) groups excluding carboxylic acids is 2. The zero-order valence-corrected chi connectivity index (χ0v) is 14.1. The molecular weight excluding hydrogens is 314 g/mol. The smallest absolute Gasteiger partial charge is 0.321 e. The molecule has 0 saturated heterocycles. The molecule has 0 fully saturated rings. The number of thioether (sulfide) groups is 1. The molecule has 0 saturated carbocycles. The van der Waals surface area contributed by atoms with E-state index in [1.54, 1.807) is 0 Å². The van der Waals surface area contributed by atoms with Crippen LogP contribution in [0.25, 0.3) is 11.4 Å². The third-order valence-electron chi connectivity index (χ3n) is 3.12. The lowest BCUT2D eigenvalue weighted by Gasteiger charge is -2.08. The summed E-state index contributed by atoms with van der Waals surface area (Å²) in [6, 6.07) is 7.50. The Hall–Kier alpha value is -2.35. The van der Waals surface area contributed by atoms with Crippen molar-refractivity contribution in [2.75, 3.05) is 12.8 Å². The molecule has 1 aromatic carbocycles. The number of nitrogens with zero attached hydrogens (tertiary/aromatic N) is 3. The minimum Gasteiger partial charge on any atom is -0.341 e. The number of hydrogen-bond donors (Lipinski definition) is 2. The van der Waals surface area contributed by atoms with Crippen LogP contribution in [0.15, 0.2) is 29.4 Å². The van der Waals surface area contributed by atoms with Crippen molar-refractivity contribution in [3.05, 3.63) is 29.8 Å². The number of nitrogens with one attached hydrogen (secondary N) is 2. The first-order valence-electron chi connectivity index (χ1n) is 7.19. The predicted molar refractivity (Wildman–Crippen MR) is 89.2 cm³/mol. The Balaban J connectivity index is 2.12. The maximum Gasteiger partial charge on any atom is 0.321 e. The Morgan fingerprint density at radius 1 is 1.30 bits per heavy atom. The van der Waals surface area contributed by atoms with Crippen molar-refractivity contribution >= 4 is 23.7 Å². The van der Waals surface area contributed by atoms with E-state index in [0.717, 1.165) is 17.0 Å². The molecule has 0 bridgehead atoms. The maximum atomic E-state index is 11.7. The SMILES string of the molecule is CCn1c(SCC(=O)NC(=O)NC)nnc1-c1cccc(C)c1. The second kappa shape index (κ2) is 7.77. The molecule has 0 aliphatic rings. The van der Waals surface area contributed by atoms with Gasteiger partial charge in [-0.2, -0.15) is 0 Å². The summed E-state index contributed by atoms with van der Waals surface area (Å²) < 4.78 is 1.95. The van der Waals surface area contributed by atoms with E-state index in [1.165, 1.54) is 18.8 Å². The summed E-state index contributed by atoms with van der Waals surface area (Å²) in [7, 11) is 1.46. The first-order chi connectivity index (χ1) is 11.0. The Morgan fingerprint density at radius 3 is 2.74 bits per heavy atom. The van der Waals surface area contributed by atoms with Gasteiger partial charge in [0.1, 0.15) is 0 Å². The minimum absolute atomic E-state index is 0.0966. The van der Waals surface area contributed by atoms with Crippen LogP contribution in [0.3, 0.4) is 0 Å². The average molecular weight is 333 g/mol. The van der Waals surface area contributed by atoms with Crippen LogP contribution in [0.4, 0.5) is 4.79 Å². The highest BCUT2D eigenvalue weighted by Crippen LogP contribution is 2.24. The van der Waals surface area contributed by atoms with Crippen LogP contribution in [0.2, 0.25) is 0 Å². The van der Waals surface area contributed by atoms with E-state index in [-0.39, 0.29) is 11.7 Å². The molecule has 0 aliphatic heterocycles. The summed E-state index contributed by atoms with van der Waals surface area (Å²) in [5, 5.41) is 13.6. The largest absolute Gasteiger partial charge is 0.341 e. The monoisotopic (exact) mass is 333 g/mol. The predicted octanol–water partition coefficient (Wildman–Crippen LogP) is 1.82. The topological polar surface area (TPSA) is 88.9 Å². The van der Waals surface area contributed by atoms with E-state index < -0.39 is 6.03 Å². The van der Waals surface area contributed by atoms with Gasteiger partial charge < -0.3 is 9.88 Å². The fourth-order valence-electron chi connectivity index (χ4n) is 2.03. The molecule has 7 nitrogen and oxygen atoms in total. The zero-order chi connectivity index (χ0) is 16.8. The molecule has 2 N–H and O–H groups in total. The van der Waals surface area contributed by atoms with Gasteiger partial charge in [-0.1, -0.05) is 35.5 Å². The van der Waals surface area contributed by atoms with Crippen LogP contribution in [0, 0.1) is 6.92 Å². The van der Waals surface area contributed by atoms with Crippen LogP contribution < -0.4 is 10.6 Å². The first-order valence-corrected chi connectivity index (χ1v) is 8.18. The fourth-order valence-corrected chi connectivity index (χ4v) is 2.84. The van der Waals surface area contributed by atoms with Gasteiger partial charge >= 0.3 is 6.03 Å². The zero-order valence-electron chi connectivity index (χ0n) is 13.3. The van der Waals surface area contributed by atoms with Crippen molar-refractivity contribution in [3.63, 3.8) is 0 Å². The highest BCUT2D eigenvalue weighted by atomic mass is 32.2. The third-order valence-corrected chi connectivity index (χ3v) is 4.09. The molecule has 1 heterocycles. The number of benzene rings is 1. The minimum atomic E-state index is -0.520. The average Bonchev–Trinajstić information content (AvgIpc) is 2.95. The van der Waals surface area contributed by atoms with Gasteiger partial charge in [0.15, 0.2) is 11.0 Å². The van der Waals surface area contributed by atoms with Crippen molar-refractivity contribution in [1.29, 1.82) is 0 Å². The van der Waals surface area contributed by atoms with Crippen LogP contribution in [-0.4, -0.2) is 39.5 Å². The molecule has 3 amide bonds. The number of amides is 3. The van der Waals surface area contributed by atoms with Crippen molar-refractivity contribution < 1.29 is 9.59 Å². The summed E-state index contributed by atoms with van der Waals surface area (Å²) >= 11 is 1.25. The van der Waals surface area contributed by atoms with Crippen molar-refractivity contribution in [2.45, 2.75) is 25.5 Å². The molecule has 0 unspecified atom stereocenters. The quantitative estimate of drug-likeness (QED) is 0.815. The van der Waals surface area contributed by atoms with Crippen LogP contribution in [0.5, 0.6) is 0 Å². The van der Waals surface area contributed by atoms with Gasteiger partial charge in [0, 0.05) is 19.2 Å². The van der Waals surface area contributed by atoms with E-state index in [4.69, 9.17) is 0 Å². The lowest BCUT2D eigenvalue weighted by molar-refractivity contribution is -0.117. The molecule has 2 rings (SSSR count). The Labute approximate surface area is 138 Å². The summed E-state index contributed by atoms with van der Waals surface area (Å²) in [4.78, 5) is 22.7. The fraction of sp³-hybridized carbons (Fsp3) is 0.333. The number of aromatic nitrogens is 3. The van der Waals surface area contributed by atoms with Crippen LogP contribution in [0.1, 0.15) is 12.5 Å². The normalized spacial score (nSPS) is 10.4. The molecule has 0 atom stereocenters. The molecule has 2 aromatic rings. The Morgan fingerprint density at radius 2 is 2.09 bits per heavy atom. The van der Waals surface area contributed by atoms with E-state index in [9.17, 15) is 9.59 Å². The number of aryl methyl sites for hydroxylation is 1. The molecule has 0 radical (unpaired) electrons. The Kier molecular flexibility index (Phi) is 5.75. The number of rotatable bonds is 5. The molecule has 122 valence electrons. The summed E-state index contributed by atoms with van der Waals surface area (Å²) in [6.07, 6.45) is 0. The van der Waals surface area contributed by atoms with Gasteiger partial charge in [-0.15, -0.1) is 10.2 Å². The summed E-state index contributed by atoms with van der Waals surface area (Å²) in [5.41, 5.74) is 2.13. The lowest BCUT2D eigenvalue weighted by Crippen LogP contribution is -2.38. The van der Waals surface area contributed by atoms with E-state index in [0.29, 0.717) is 11.7 Å². The van der Waals surface area contributed by atoms with E-state index in [2.05, 4.69) is 20.8 Å². The number of hydrogen-bond acceptors (Lipinski definition) is 5. The molecule has 8 heteroatoms. The summed E-state index contributed by atoms with van der Waals surface area (Å²) in [6.45, 7) is 4.71. The lowest BCUT2D eigenvalue weighted by atomic mass is 10.1. The Bertz CT molecular complexity index is 714. The first kappa shape index (κ1) is 17.0. The van der Waals surface area contributed by atoms with Gasteiger partial charge in [0.25, 0.3) is 0 Å². The maximum absolute atomic E-state index is 11.7. The van der Waals surface area contributed by atoms with E-state index in [1.807, 2.05) is 42.7 Å². The molecular formula is C15H19N5O2S. The standard InChI is InChI=1S/C15H19N5O2S/c1-4-20-13(11-7-5-6-10(2)8-11)18-19-15(20)23-9-12(21)17-14(22)16-3/h5-8H,4,9H2,1-3H3,(H2,16,17,21,22). The highest BCUT2D eigenvalue weighted by molar-refractivity contribution is 7.99. The summed E-state index contributed by atoms with van der Waals surface area (Å²) in [5.74, 6) is 0.488. The number of urea groups is 1. The van der Waals surface area contributed by atoms with Crippen LogP contribution in [-0.2, 0) is 11.3 Å². The van der Waals surface area contributed by atoms with Crippen molar-refractivity contribution in [2.24, 2.45) is 0 Å².